The van der Waals surface area contributed by atoms with Crippen LogP contribution in [0.3, 0.4) is 0 Å². The monoisotopic (exact) mass is 175 g/mol. The lowest BCUT2D eigenvalue weighted by molar-refractivity contribution is -0.146. The molecule has 0 spiro atoms. The molecule has 5 heteroatoms. The van der Waals surface area contributed by atoms with Crippen LogP contribution in [-0.4, -0.2) is 60.0 Å². The van der Waals surface area contributed by atoms with Gasteiger partial charge in [0.05, 0.1) is 19.8 Å². The van der Waals surface area contributed by atoms with Crippen LogP contribution in [0.15, 0.2) is 0 Å². The van der Waals surface area contributed by atoms with Crippen molar-refractivity contribution >= 4 is 5.91 Å². The normalized spacial score (nSPS) is 20.7. The summed E-state index contributed by atoms with van der Waals surface area (Å²) in [6, 6.07) is 0. The summed E-state index contributed by atoms with van der Waals surface area (Å²) in [4.78, 5) is 12.7. The molecule has 0 unspecified atom stereocenters. The molecule has 2 N–H and O–H groups in total. The maximum atomic E-state index is 11.2. The molecule has 1 aliphatic rings. The minimum absolute atomic E-state index is 0.416. The second-order valence-corrected chi connectivity index (χ2v) is 2.64. The Hall–Kier alpha value is -0.650. The first-order valence-corrected chi connectivity index (χ1v) is 3.91. The van der Waals surface area contributed by atoms with Crippen LogP contribution in [0, 0.1) is 0 Å². The molecular formula is C7H13NO4. The fourth-order valence-corrected chi connectivity index (χ4v) is 1.07. The molecule has 70 valence electrons. The Morgan fingerprint density at radius 3 is 2.58 bits per heavy atom. The van der Waals surface area contributed by atoms with E-state index in [1.54, 1.807) is 0 Å². The Bertz CT molecular complexity index is 155. The molecule has 0 aliphatic carbocycles. The summed E-state index contributed by atoms with van der Waals surface area (Å²) in [6.07, 6.45) is -1.27. The van der Waals surface area contributed by atoms with Gasteiger partial charge in [-0.05, 0) is 0 Å². The molecule has 1 atom stereocenters. The van der Waals surface area contributed by atoms with Crippen LogP contribution in [0.25, 0.3) is 0 Å². The lowest BCUT2D eigenvalue weighted by Crippen LogP contribution is -2.46. The van der Waals surface area contributed by atoms with Crippen molar-refractivity contribution in [2.24, 2.45) is 0 Å². The van der Waals surface area contributed by atoms with E-state index in [0.717, 1.165) is 0 Å². The highest BCUT2D eigenvalue weighted by atomic mass is 16.5. The molecule has 1 heterocycles. The highest BCUT2D eigenvalue weighted by Crippen LogP contribution is 1.99. The third-order valence-electron chi connectivity index (χ3n) is 1.78. The number of amides is 1. The van der Waals surface area contributed by atoms with E-state index in [0.29, 0.717) is 26.3 Å². The first kappa shape index (κ1) is 9.44. The number of ether oxygens (including phenoxy) is 1. The molecule has 0 aromatic heterocycles. The Balaban J connectivity index is 2.39. The van der Waals surface area contributed by atoms with Crippen LogP contribution in [0.1, 0.15) is 0 Å². The van der Waals surface area contributed by atoms with Crippen molar-refractivity contribution in [3.8, 4) is 0 Å². The van der Waals surface area contributed by atoms with Crippen molar-refractivity contribution in [3.05, 3.63) is 0 Å². The predicted molar refractivity (Wildman–Crippen MR) is 40.5 cm³/mol. The minimum Gasteiger partial charge on any atom is -0.393 e. The highest BCUT2D eigenvalue weighted by molar-refractivity contribution is 5.80. The smallest absolute Gasteiger partial charge is 0.253 e. The van der Waals surface area contributed by atoms with Crippen molar-refractivity contribution in [3.63, 3.8) is 0 Å². The molecule has 0 aromatic rings. The second-order valence-electron chi connectivity index (χ2n) is 2.64. The fraction of sp³-hybridized carbons (Fsp3) is 0.857. The SMILES string of the molecule is O=C([C@H](O)CO)N1CCOCC1. The zero-order valence-corrected chi connectivity index (χ0v) is 6.77. The van der Waals surface area contributed by atoms with E-state index in [-0.39, 0.29) is 0 Å². The van der Waals surface area contributed by atoms with Gasteiger partial charge in [0.2, 0.25) is 0 Å². The third kappa shape index (κ3) is 2.17. The van der Waals surface area contributed by atoms with Gasteiger partial charge in [0.25, 0.3) is 5.91 Å². The van der Waals surface area contributed by atoms with Gasteiger partial charge in [-0.1, -0.05) is 0 Å². The van der Waals surface area contributed by atoms with Crippen LogP contribution in [0.2, 0.25) is 0 Å². The van der Waals surface area contributed by atoms with E-state index in [1.165, 1.54) is 4.90 Å². The van der Waals surface area contributed by atoms with Crippen molar-refractivity contribution in [2.45, 2.75) is 6.10 Å². The molecule has 12 heavy (non-hydrogen) atoms. The molecule has 1 amide bonds. The number of aliphatic hydroxyl groups excluding tert-OH is 2. The number of nitrogens with zero attached hydrogens (tertiary/aromatic N) is 1. The van der Waals surface area contributed by atoms with Crippen molar-refractivity contribution in [2.75, 3.05) is 32.9 Å². The van der Waals surface area contributed by atoms with Crippen LogP contribution in [-0.2, 0) is 9.53 Å². The first-order chi connectivity index (χ1) is 5.75. The van der Waals surface area contributed by atoms with Crippen LogP contribution in [0.5, 0.6) is 0 Å². The maximum absolute atomic E-state index is 11.2. The summed E-state index contributed by atoms with van der Waals surface area (Å²) in [5, 5.41) is 17.5. The third-order valence-corrected chi connectivity index (χ3v) is 1.78. The van der Waals surface area contributed by atoms with Crippen molar-refractivity contribution < 1.29 is 19.7 Å². The molecule has 1 fully saturated rings. The van der Waals surface area contributed by atoms with E-state index < -0.39 is 18.6 Å². The Morgan fingerprint density at radius 2 is 2.08 bits per heavy atom. The maximum Gasteiger partial charge on any atom is 0.253 e. The molecule has 1 aliphatic heterocycles. The number of hydrogen-bond donors (Lipinski definition) is 2. The van der Waals surface area contributed by atoms with Crippen LogP contribution < -0.4 is 0 Å². The number of rotatable bonds is 2. The summed E-state index contributed by atoms with van der Waals surface area (Å²) in [5.41, 5.74) is 0. The number of carbonyl (C=O) groups is 1. The standard InChI is InChI=1S/C7H13NO4/c9-5-6(10)7(11)8-1-3-12-4-2-8/h6,9-10H,1-5H2/t6-/m1/s1. The van der Waals surface area contributed by atoms with E-state index in [9.17, 15) is 4.79 Å². The number of carbonyl (C=O) groups excluding carboxylic acids is 1. The molecule has 5 nitrogen and oxygen atoms in total. The number of hydrogen-bond acceptors (Lipinski definition) is 4. The lowest BCUT2D eigenvalue weighted by Gasteiger charge is -2.28. The largest absolute Gasteiger partial charge is 0.393 e. The van der Waals surface area contributed by atoms with Gasteiger partial charge in [0.1, 0.15) is 0 Å². The Morgan fingerprint density at radius 1 is 1.50 bits per heavy atom. The highest BCUT2D eigenvalue weighted by Gasteiger charge is 2.22. The molecular weight excluding hydrogens is 162 g/mol. The van der Waals surface area contributed by atoms with Gasteiger partial charge in [-0.25, -0.2) is 0 Å². The number of aliphatic hydroxyl groups is 2. The van der Waals surface area contributed by atoms with E-state index in [1.807, 2.05) is 0 Å². The van der Waals surface area contributed by atoms with Gasteiger partial charge in [-0.15, -0.1) is 0 Å². The average molecular weight is 175 g/mol. The van der Waals surface area contributed by atoms with E-state index in [4.69, 9.17) is 14.9 Å². The Labute approximate surface area is 70.5 Å². The molecule has 1 saturated heterocycles. The predicted octanol–water partition coefficient (Wildman–Crippen LogP) is -1.80. The quantitative estimate of drug-likeness (QED) is 0.519. The molecule has 0 saturated carbocycles. The molecule has 0 aromatic carbocycles. The summed E-state index contributed by atoms with van der Waals surface area (Å²) in [5.74, 6) is -0.416. The molecule has 1 rings (SSSR count). The second kappa shape index (κ2) is 4.39. The summed E-state index contributed by atoms with van der Waals surface area (Å²) >= 11 is 0. The topological polar surface area (TPSA) is 70.0 Å². The van der Waals surface area contributed by atoms with E-state index in [2.05, 4.69) is 0 Å². The summed E-state index contributed by atoms with van der Waals surface area (Å²) in [7, 11) is 0. The van der Waals surface area contributed by atoms with Gasteiger partial charge in [-0.3, -0.25) is 4.79 Å². The summed E-state index contributed by atoms with van der Waals surface area (Å²) < 4.78 is 5.03. The lowest BCUT2D eigenvalue weighted by atomic mass is 10.3. The summed E-state index contributed by atoms with van der Waals surface area (Å²) in [6.45, 7) is 1.48. The number of morpholine rings is 1. The molecule has 0 radical (unpaired) electrons. The van der Waals surface area contributed by atoms with Crippen LogP contribution >= 0.6 is 0 Å². The van der Waals surface area contributed by atoms with Crippen LogP contribution in [0.4, 0.5) is 0 Å². The Kier molecular flexibility index (Phi) is 3.46. The van der Waals surface area contributed by atoms with Crippen molar-refractivity contribution in [1.82, 2.24) is 4.90 Å². The van der Waals surface area contributed by atoms with Gasteiger partial charge in [0.15, 0.2) is 6.10 Å². The van der Waals surface area contributed by atoms with Gasteiger partial charge in [0, 0.05) is 13.1 Å². The fourth-order valence-electron chi connectivity index (χ4n) is 1.07. The van der Waals surface area contributed by atoms with Crippen molar-refractivity contribution in [1.29, 1.82) is 0 Å². The molecule has 0 bridgehead atoms. The van der Waals surface area contributed by atoms with Gasteiger partial charge in [-0.2, -0.15) is 0 Å². The minimum atomic E-state index is -1.27. The van der Waals surface area contributed by atoms with E-state index >= 15 is 0 Å². The zero-order chi connectivity index (χ0) is 8.97. The first-order valence-electron chi connectivity index (χ1n) is 3.91. The average Bonchev–Trinajstić information content (AvgIpc) is 2.17. The van der Waals surface area contributed by atoms with Gasteiger partial charge < -0.3 is 19.8 Å². The van der Waals surface area contributed by atoms with Gasteiger partial charge >= 0.3 is 0 Å². The zero-order valence-electron chi connectivity index (χ0n) is 6.77.